The third-order valence-corrected chi connectivity index (χ3v) is 6.14. The van der Waals surface area contributed by atoms with Crippen LogP contribution in [-0.4, -0.2) is 30.0 Å². The molecule has 0 radical (unpaired) electrons. The lowest BCUT2D eigenvalue weighted by atomic mass is 10.0. The number of carbonyl (C=O) groups is 2. The maximum atomic E-state index is 12.8. The van der Waals surface area contributed by atoms with Gasteiger partial charge in [-0.15, -0.1) is 0 Å². The highest BCUT2D eigenvalue weighted by Crippen LogP contribution is 2.30. The fourth-order valence-electron chi connectivity index (χ4n) is 4.56. The highest BCUT2D eigenvalue weighted by atomic mass is 16.5. The van der Waals surface area contributed by atoms with E-state index in [1.807, 2.05) is 30.5 Å². The molecule has 1 aliphatic carbocycles. The van der Waals surface area contributed by atoms with Crippen molar-refractivity contribution in [2.45, 2.75) is 38.1 Å². The Morgan fingerprint density at radius 1 is 1.13 bits per heavy atom. The van der Waals surface area contributed by atoms with Crippen LogP contribution in [0.3, 0.4) is 0 Å². The lowest BCUT2D eigenvalue weighted by Gasteiger charge is -2.16. The lowest BCUT2D eigenvalue weighted by molar-refractivity contribution is -0.145. The van der Waals surface area contributed by atoms with Gasteiger partial charge in [-0.2, -0.15) is 0 Å². The highest BCUT2D eigenvalue weighted by molar-refractivity contribution is 5.91. The average molecular weight is 416 g/mol. The third-order valence-electron chi connectivity index (χ3n) is 6.14. The first-order chi connectivity index (χ1) is 15.1. The van der Waals surface area contributed by atoms with Crippen LogP contribution in [0.2, 0.25) is 0 Å². The minimum absolute atomic E-state index is 0.146. The quantitative estimate of drug-likeness (QED) is 0.468. The predicted molar refractivity (Wildman–Crippen MR) is 118 cm³/mol. The summed E-state index contributed by atoms with van der Waals surface area (Å²) in [6.45, 7) is 0. The molecule has 0 spiro atoms. The molecule has 31 heavy (non-hydrogen) atoms. The van der Waals surface area contributed by atoms with Crippen molar-refractivity contribution in [1.29, 1.82) is 0 Å². The molecule has 4 aromatic rings. The van der Waals surface area contributed by atoms with Gasteiger partial charge in [0.2, 0.25) is 5.91 Å². The Morgan fingerprint density at radius 2 is 1.94 bits per heavy atom. The Kier molecular flexibility index (Phi) is 4.98. The Morgan fingerprint density at radius 3 is 2.77 bits per heavy atom. The number of nitrogens with one attached hydrogen (secondary N) is 2. The predicted octanol–water partition coefficient (Wildman–Crippen LogP) is 3.85. The van der Waals surface area contributed by atoms with Crippen LogP contribution >= 0.6 is 0 Å². The molecule has 2 heterocycles. The zero-order valence-corrected chi connectivity index (χ0v) is 17.4. The molecule has 2 aromatic carbocycles. The summed E-state index contributed by atoms with van der Waals surface area (Å²) in [4.78, 5) is 28.4. The number of esters is 1. The van der Waals surface area contributed by atoms with Crippen LogP contribution in [-0.2, 0) is 40.0 Å². The van der Waals surface area contributed by atoms with Gasteiger partial charge in [-0.25, -0.2) is 4.79 Å². The van der Waals surface area contributed by atoms with Gasteiger partial charge in [0.15, 0.2) is 0 Å². The number of hydrogen-bond acceptors (Lipinski definition) is 4. The van der Waals surface area contributed by atoms with Crippen molar-refractivity contribution in [1.82, 2.24) is 10.3 Å². The maximum absolute atomic E-state index is 12.8. The molecule has 1 unspecified atom stereocenters. The van der Waals surface area contributed by atoms with Gasteiger partial charge in [-0.1, -0.05) is 18.2 Å². The van der Waals surface area contributed by atoms with E-state index in [-0.39, 0.29) is 12.3 Å². The third kappa shape index (κ3) is 3.69. The van der Waals surface area contributed by atoms with E-state index < -0.39 is 12.0 Å². The van der Waals surface area contributed by atoms with Gasteiger partial charge in [0, 0.05) is 34.5 Å². The lowest BCUT2D eigenvalue weighted by Crippen LogP contribution is -2.43. The van der Waals surface area contributed by atoms with E-state index in [9.17, 15) is 9.59 Å². The SMILES string of the molecule is COC(=O)C(Cc1c[nH]c2ccccc12)NC(=O)Cc1coc2cc3c(cc12)CCC3. The standard InChI is InChI=1S/C25H24N2O4/c1-30-25(29)22(10-17-13-26-21-8-3-2-7-19(17)21)27-24(28)12-18-14-31-23-11-16-6-4-5-15(16)9-20(18)23/h2-3,7-9,11,13-14,22,26H,4-6,10,12H2,1H3,(H,27,28). The van der Waals surface area contributed by atoms with Crippen LogP contribution in [0.1, 0.15) is 28.7 Å². The molecule has 0 saturated heterocycles. The second kappa shape index (κ2) is 7.95. The number of amides is 1. The number of H-pyrrole nitrogens is 1. The molecular weight excluding hydrogens is 392 g/mol. The van der Waals surface area contributed by atoms with Gasteiger partial charge in [0.25, 0.3) is 0 Å². The number of benzene rings is 2. The van der Waals surface area contributed by atoms with Crippen LogP contribution < -0.4 is 5.32 Å². The van der Waals surface area contributed by atoms with Crippen molar-refractivity contribution < 1.29 is 18.7 Å². The van der Waals surface area contributed by atoms with Crippen molar-refractivity contribution >= 4 is 33.7 Å². The number of para-hydroxylation sites is 1. The topological polar surface area (TPSA) is 84.3 Å². The molecule has 0 aliphatic heterocycles. The molecular formula is C25H24N2O4. The number of furan rings is 1. The van der Waals surface area contributed by atoms with Gasteiger partial charge in [-0.05, 0) is 54.2 Å². The van der Waals surface area contributed by atoms with E-state index in [2.05, 4.69) is 22.4 Å². The summed E-state index contributed by atoms with van der Waals surface area (Å²) in [6, 6.07) is 11.3. The fourth-order valence-corrected chi connectivity index (χ4v) is 4.56. The largest absolute Gasteiger partial charge is 0.467 e. The molecule has 1 amide bonds. The minimum Gasteiger partial charge on any atom is -0.467 e. The van der Waals surface area contributed by atoms with Crippen LogP contribution in [0, 0.1) is 0 Å². The van der Waals surface area contributed by atoms with E-state index in [0.717, 1.165) is 52.3 Å². The van der Waals surface area contributed by atoms with Crippen molar-refractivity contribution in [2.75, 3.05) is 7.11 Å². The van der Waals surface area contributed by atoms with Crippen molar-refractivity contribution in [2.24, 2.45) is 0 Å². The molecule has 0 fully saturated rings. The summed E-state index contributed by atoms with van der Waals surface area (Å²) < 4.78 is 10.7. The van der Waals surface area contributed by atoms with Crippen molar-refractivity contribution in [3.8, 4) is 0 Å². The molecule has 2 N–H and O–H groups in total. The summed E-state index contributed by atoms with van der Waals surface area (Å²) in [5.74, 6) is -0.702. The Hall–Kier alpha value is -3.54. The number of ether oxygens (including phenoxy) is 1. The summed E-state index contributed by atoms with van der Waals surface area (Å²) in [5, 5.41) is 4.86. The molecule has 5 rings (SSSR count). The first-order valence-corrected chi connectivity index (χ1v) is 10.6. The van der Waals surface area contributed by atoms with Gasteiger partial charge >= 0.3 is 5.97 Å². The molecule has 1 atom stereocenters. The first kappa shape index (κ1) is 19.4. The molecule has 1 aliphatic rings. The van der Waals surface area contributed by atoms with E-state index in [1.54, 1.807) is 6.26 Å². The zero-order chi connectivity index (χ0) is 21.4. The number of hydrogen-bond donors (Lipinski definition) is 2. The van der Waals surface area contributed by atoms with E-state index in [4.69, 9.17) is 9.15 Å². The number of methoxy groups -OCH3 is 1. The summed E-state index contributed by atoms with van der Waals surface area (Å²) in [5.41, 5.74) is 6.26. The summed E-state index contributed by atoms with van der Waals surface area (Å²) >= 11 is 0. The minimum atomic E-state index is -0.765. The molecule has 0 saturated carbocycles. The van der Waals surface area contributed by atoms with Gasteiger partial charge in [0.1, 0.15) is 11.6 Å². The van der Waals surface area contributed by atoms with Crippen molar-refractivity contribution in [3.63, 3.8) is 0 Å². The normalized spacial score (nSPS) is 14.0. The molecule has 0 bridgehead atoms. The van der Waals surface area contributed by atoms with Crippen molar-refractivity contribution in [3.05, 3.63) is 71.1 Å². The zero-order valence-electron chi connectivity index (χ0n) is 17.4. The molecule has 2 aromatic heterocycles. The second-order valence-electron chi connectivity index (χ2n) is 8.12. The Balaban J connectivity index is 1.34. The number of aryl methyl sites for hydroxylation is 2. The number of aromatic amines is 1. The molecule has 158 valence electrons. The van der Waals surface area contributed by atoms with Crippen LogP contribution in [0.15, 0.2) is 53.3 Å². The maximum Gasteiger partial charge on any atom is 0.328 e. The number of rotatable bonds is 6. The monoisotopic (exact) mass is 416 g/mol. The van der Waals surface area contributed by atoms with Gasteiger partial charge in [0.05, 0.1) is 19.8 Å². The van der Waals surface area contributed by atoms with E-state index >= 15 is 0 Å². The van der Waals surface area contributed by atoms with Crippen LogP contribution in [0.25, 0.3) is 21.9 Å². The number of fused-ring (bicyclic) bond motifs is 3. The number of carbonyl (C=O) groups excluding carboxylic acids is 2. The molecule has 6 nitrogen and oxygen atoms in total. The van der Waals surface area contributed by atoms with Crippen LogP contribution in [0.4, 0.5) is 0 Å². The fraction of sp³-hybridized carbons (Fsp3) is 0.280. The first-order valence-electron chi connectivity index (χ1n) is 10.6. The smallest absolute Gasteiger partial charge is 0.328 e. The summed E-state index contributed by atoms with van der Waals surface area (Å²) in [6.07, 6.45) is 7.32. The average Bonchev–Trinajstić information content (AvgIpc) is 3.50. The molecule has 6 heteroatoms. The summed E-state index contributed by atoms with van der Waals surface area (Å²) in [7, 11) is 1.33. The highest BCUT2D eigenvalue weighted by Gasteiger charge is 2.24. The Labute approximate surface area is 179 Å². The van der Waals surface area contributed by atoms with Crippen LogP contribution in [0.5, 0.6) is 0 Å². The number of aromatic nitrogens is 1. The van der Waals surface area contributed by atoms with E-state index in [1.165, 1.54) is 18.2 Å². The second-order valence-corrected chi connectivity index (χ2v) is 8.12. The van der Waals surface area contributed by atoms with Gasteiger partial charge in [-0.3, -0.25) is 4.79 Å². The van der Waals surface area contributed by atoms with Gasteiger partial charge < -0.3 is 19.5 Å². The Bertz CT molecular complexity index is 1280. The van der Waals surface area contributed by atoms with E-state index in [0.29, 0.717) is 6.42 Å².